The number of aromatic nitrogens is 2. The van der Waals surface area contributed by atoms with Gasteiger partial charge < -0.3 is 4.57 Å². The summed E-state index contributed by atoms with van der Waals surface area (Å²) in [7, 11) is -0.302. The van der Waals surface area contributed by atoms with E-state index in [9.17, 15) is 8.42 Å². The summed E-state index contributed by atoms with van der Waals surface area (Å²) in [5, 5.41) is 0. The Labute approximate surface area is 115 Å². The largest absolute Gasteiger partial charge is 0.331 e. The van der Waals surface area contributed by atoms with E-state index < -0.39 is 10.2 Å². The van der Waals surface area contributed by atoms with Crippen LogP contribution in [-0.4, -0.2) is 42.9 Å². The Morgan fingerprint density at radius 1 is 1.47 bits per heavy atom. The number of imidazole rings is 1. The Kier molecular flexibility index (Phi) is 4.27. The summed E-state index contributed by atoms with van der Waals surface area (Å²) >= 11 is 0. The maximum atomic E-state index is 11.6. The fourth-order valence-corrected chi connectivity index (χ4v) is 2.79. The number of rotatable bonds is 6. The smallest absolute Gasteiger partial charge is 0.278 e. The summed E-state index contributed by atoms with van der Waals surface area (Å²) in [6.07, 6.45) is 5.53. The van der Waals surface area contributed by atoms with Gasteiger partial charge in [-0.3, -0.25) is 0 Å². The lowest BCUT2D eigenvalue weighted by Crippen LogP contribution is -2.37. The predicted molar refractivity (Wildman–Crippen MR) is 74.2 cm³/mol. The SMILES string of the molecule is Cc1cnc(C2CCC2)n1CCNS(=O)(=O)N(C)C. The van der Waals surface area contributed by atoms with Crippen LogP contribution in [0.1, 0.15) is 36.7 Å². The second-order valence-corrected chi connectivity index (χ2v) is 7.19. The summed E-state index contributed by atoms with van der Waals surface area (Å²) in [4.78, 5) is 4.46. The van der Waals surface area contributed by atoms with Crippen LogP contribution in [0, 0.1) is 6.92 Å². The zero-order valence-corrected chi connectivity index (χ0v) is 12.6. The maximum absolute atomic E-state index is 11.6. The van der Waals surface area contributed by atoms with Crippen molar-refractivity contribution in [2.75, 3.05) is 20.6 Å². The number of aryl methyl sites for hydroxylation is 1. The summed E-state index contributed by atoms with van der Waals surface area (Å²) in [5.41, 5.74) is 1.09. The Balaban J connectivity index is 1.98. The van der Waals surface area contributed by atoms with Crippen LogP contribution in [0.3, 0.4) is 0 Å². The molecular weight excluding hydrogens is 264 g/mol. The first-order chi connectivity index (χ1) is 8.92. The zero-order chi connectivity index (χ0) is 14.0. The molecule has 0 bridgehead atoms. The average Bonchev–Trinajstić information content (AvgIpc) is 2.59. The molecule has 108 valence electrons. The van der Waals surface area contributed by atoms with Crippen LogP contribution < -0.4 is 4.72 Å². The minimum atomic E-state index is -3.34. The second-order valence-electron chi connectivity index (χ2n) is 5.22. The molecule has 6 nitrogen and oxygen atoms in total. The Morgan fingerprint density at radius 2 is 2.16 bits per heavy atom. The molecule has 1 aliphatic rings. The number of nitrogens with zero attached hydrogens (tertiary/aromatic N) is 3. The second kappa shape index (κ2) is 5.60. The van der Waals surface area contributed by atoms with Gasteiger partial charge in [-0.1, -0.05) is 6.42 Å². The fraction of sp³-hybridized carbons (Fsp3) is 0.750. The molecule has 0 aliphatic heterocycles. The molecule has 0 spiro atoms. The van der Waals surface area contributed by atoms with Crippen molar-refractivity contribution in [3.05, 3.63) is 17.7 Å². The number of hydrogen-bond donors (Lipinski definition) is 1. The molecule has 0 saturated heterocycles. The van der Waals surface area contributed by atoms with E-state index in [2.05, 4.69) is 14.3 Å². The summed E-state index contributed by atoms with van der Waals surface area (Å²) in [6.45, 7) is 3.03. The van der Waals surface area contributed by atoms with Gasteiger partial charge in [0.15, 0.2) is 0 Å². The highest BCUT2D eigenvalue weighted by Gasteiger charge is 2.24. The molecule has 1 aromatic rings. The van der Waals surface area contributed by atoms with Gasteiger partial charge in [0.05, 0.1) is 0 Å². The molecule has 19 heavy (non-hydrogen) atoms. The quantitative estimate of drug-likeness (QED) is 0.843. The van der Waals surface area contributed by atoms with E-state index in [0.29, 0.717) is 19.0 Å². The molecule has 1 aromatic heterocycles. The van der Waals surface area contributed by atoms with Crippen LogP contribution in [0.15, 0.2) is 6.20 Å². The molecule has 1 N–H and O–H groups in total. The van der Waals surface area contributed by atoms with E-state index in [1.165, 1.54) is 37.7 Å². The first kappa shape index (κ1) is 14.5. The third kappa shape index (κ3) is 3.16. The third-order valence-electron chi connectivity index (χ3n) is 3.66. The van der Waals surface area contributed by atoms with Crippen molar-refractivity contribution in [2.24, 2.45) is 0 Å². The van der Waals surface area contributed by atoms with Gasteiger partial charge in [-0.05, 0) is 19.8 Å². The van der Waals surface area contributed by atoms with Crippen LogP contribution in [0.5, 0.6) is 0 Å². The zero-order valence-electron chi connectivity index (χ0n) is 11.8. The van der Waals surface area contributed by atoms with Crippen LogP contribution in [-0.2, 0) is 16.8 Å². The molecular formula is C12H22N4O2S. The summed E-state index contributed by atoms with van der Waals surface area (Å²) < 4.78 is 29.1. The van der Waals surface area contributed by atoms with E-state index in [0.717, 1.165) is 11.5 Å². The minimum absolute atomic E-state index is 0.386. The highest BCUT2D eigenvalue weighted by atomic mass is 32.2. The highest BCUT2D eigenvalue weighted by molar-refractivity contribution is 7.87. The molecule has 7 heteroatoms. The monoisotopic (exact) mass is 286 g/mol. The molecule has 1 heterocycles. The lowest BCUT2D eigenvalue weighted by atomic mass is 9.85. The minimum Gasteiger partial charge on any atom is -0.331 e. The van der Waals surface area contributed by atoms with Crippen molar-refractivity contribution in [3.63, 3.8) is 0 Å². The van der Waals surface area contributed by atoms with Crippen molar-refractivity contribution >= 4 is 10.2 Å². The predicted octanol–water partition coefficient (Wildman–Crippen LogP) is 0.855. The highest BCUT2D eigenvalue weighted by Crippen LogP contribution is 2.35. The molecule has 0 radical (unpaired) electrons. The normalized spacial score (nSPS) is 16.8. The lowest BCUT2D eigenvalue weighted by molar-refractivity contribution is 0.385. The van der Waals surface area contributed by atoms with Gasteiger partial charge in [0, 0.05) is 45.0 Å². The van der Waals surface area contributed by atoms with Gasteiger partial charge in [-0.2, -0.15) is 12.7 Å². The van der Waals surface area contributed by atoms with Crippen LogP contribution in [0.4, 0.5) is 0 Å². The molecule has 0 aromatic carbocycles. The van der Waals surface area contributed by atoms with E-state index in [1.54, 1.807) is 0 Å². The number of nitrogens with one attached hydrogen (secondary N) is 1. The van der Waals surface area contributed by atoms with E-state index in [-0.39, 0.29) is 0 Å². The average molecular weight is 286 g/mol. The fourth-order valence-electron chi connectivity index (χ4n) is 2.18. The van der Waals surface area contributed by atoms with Crippen molar-refractivity contribution < 1.29 is 8.42 Å². The molecule has 0 atom stereocenters. The maximum Gasteiger partial charge on any atom is 0.278 e. The summed E-state index contributed by atoms with van der Waals surface area (Å²) in [6, 6.07) is 0. The van der Waals surface area contributed by atoms with Gasteiger partial charge in [0.2, 0.25) is 0 Å². The standard InChI is InChI=1S/C12H22N4O2S/c1-10-9-13-12(11-5-4-6-11)16(10)8-7-14-19(17,18)15(2)3/h9,11,14H,4-8H2,1-3H3. The van der Waals surface area contributed by atoms with Crippen molar-refractivity contribution in [2.45, 2.75) is 38.6 Å². The van der Waals surface area contributed by atoms with Gasteiger partial charge in [-0.25, -0.2) is 9.71 Å². The topological polar surface area (TPSA) is 67.2 Å². The van der Waals surface area contributed by atoms with Gasteiger partial charge in [0.1, 0.15) is 5.82 Å². The molecule has 1 fully saturated rings. The van der Waals surface area contributed by atoms with Gasteiger partial charge in [-0.15, -0.1) is 0 Å². The van der Waals surface area contributed by atoms with Crippen LogP contribution in [0.2, 0.25) is 0 Å². The Bertz CT molecular complexity index is 532. The van der Waals surface area contributed by atoms with Crippen LogP contribution in [0.25, 0.3) is 0 Å². The number of hydrogen-bond acceptors (Lipinski definition) is 3. The molecule has 1 saturated carbocycles. The third-order valence-corrected chi connectivity index (χ3v) is 5.19. The Morgan fingerprint density at radius 3 is 2.68 bits per heavy atom. The first-order valence-electron chi connectivity index (χ1n) is 6.61. The first-order valence-corrected chi connectivity index (χ1v) is 8.05. The molecule has 1 aliphatic carbocycles. The van der Waals surface area contributed by atoms with E-state index in [4.69, 9.17) is 0 Å². The van der Waals surface area contributed by atoms with Crippen LogP contribution >= 0.6 is 0 Å². The van der Waals surface area contributed by atoms with Crippen molar-refractivity contribution in [1.29, 1.82) is 0 Å². The molecule has 2 rings (SSSR count). The van der Waals surface area contributed by atoms with Gasteiger partial charge in [0.25, 0.3) is 10.2 Å². The lowest BCUT2D eigenvalue weighted by Gasteiger charge is -2.26. The van der Waals surface area contributed by atoms with Crippen molar-refractivity contribution in [1.82, 2.24) is 18.6 Å². The van der Waals surface area contributed by atoms with E-state index >= 15 is 0 Å². The van der Waals surface area contributed by atoms with E-state index in [1.807, 2.05) is 13.1 Å². The Hall–Kier alpha value is -0.920. The van der Waals surface area contributed by atoms with Gasteiger partial charge >= 0.3 is 0 Å². The van der Waals surface area contributed by atoms with Crippen molar-refractivity contribution in [3.8, 4) is 0 Å². The molecule has 0 unspecified atom stereocenters. The molecule has 0 amide bonds. The summed E-state index contributed by atoms with van der Waals surface area (Å²) in [5.74, 6) is 1.66.